The van der Waals surface area contributed by atoms with Crippen molar-refractivity contribution in [3.63, 3.8) is 0 Å². The summed E-state index contributed by atoms with van der Waals surface area (Å²) in [5.41, 5.74) is 2.13. The molecule has 1 aliphatic rings. The highest BCUT2D eigenvalue weighted by Gasteiger charge is 2.39. The quantitative estimate of drug-likeness (QED) is 0.409. The second kappa shape index (κ2) is 5.12. The molecule has 0 spiro atoms. The van der Waals surface area contributed by atoms with E-state index in [1.54, 1.807) is 0 Å². The number of hydrogen-bond acceptors (Lipinski definition) is 4. The van der Waals surface area contributed by atoms with Crippen molar-refractivity contribution >= 4 is 5.91 Å². The fourth-order valence-electron chi connectivity index (χ4n) is 2.28. The van der Waals surface area contributed by atoms with Gasteiger partial charge in [0.25, 0.3) is 5.91 Å². The van der Waals surface area contributed by atoms with Gasteiger partial charge in [0.2, 0.25) is 0 Å². The minimum absolute atomic E-state index is 0.120. The van der Waals surface area contributed by atoms with Gasteiger partial charge in [0.15, 0.2) is 0 Å². The maximum atomic E-state index is 11.8. The van der Waals surface area contributed by atoms with Gasteiger partial charge in [0.1, 0.15) is 0 Å². The summed E-state index contributed by atoms with van der Waals surface area (Å²) in [6.07, 6.45) is 0. The number of rotatable bonds is 3. The summed E-state index contributed by atoms with van der Waals surface area (Å²) in [5, 5.41) is 0. The molecular weight excluding hydrogens is 206 g/mol. The van der Waals surface area contributed by atoms with Crippen molar-refractivity contribution in [2.75, 3.05) is 19.8 Å². The van der Waals surface area contributed by atoms with Crippen LogP contribution >= 0.6 is 0 Å². The molecule has 0 saturated carbocycles. The van der Waals surface area contributed by atoms with Crippen molar-refractivity contribution < 1.29 is 9.53 Å². The first-order valence-corrected chi connectivity index (χ1v) is 5.75. The Morgan fingerprint density at radius 2 is 2.12 bits per heavy atom. The van der Waals surface area contributed by atoms with Gasteiger partial charge in [-0.2, -0.15) is 0 Å². The minimum atomic E-state index is -0.191. The van der Waals surface area contributed by atoms with E-state index >= 15 is 0 Å². The Kier molecular flexibility index (Phi) is 4.29. The number of nitrogens with zero attached hydrogens (tertiary/aromatic N) is 1. The molecule has 16 heavy (non-hydrogen) atoms. The number of carbonyl (C=O) groups excluding carboxylic acids is 1. The predicted octanol–water partition coefficient (Wildman–Crippen LogP) is 0.112. The van der Waals surface area contributed by atoms with Crippen molar-refractivity contribution in [1.82, 2.24) is 10.3 Å². The Hall–Kier alpha value is -0.650. The Labute approximate surface area is 97.3 Å². The summed E-state index contributed by atoms with van der Waals surface area (Å²) < 4.78 is 5.45. The van der Waals surface area contributed by atoms with Crippen LogP contribution in [0.25, 0.3) is 0 Å². The van der Waals surface area contributed by atoms with Gasteiger partial charge in [-0.1, -0.05) is 13.8 Å². The van der Waals surface area contributed by atoms with Crippen molar-refractivity contribution in [3.05, 3.63) is 0 Å². The number of ether oxygens (including phenoxy) is 1. The summed E-state index contributed by atoms with van der Waals surface area (Å²) in [6, 6.07) is -0.191. The van der Waals surface area contributed by atoms with Gasteiger partial charge in [-0.3, -0.25) is 15.1 Å². The molecule has 5 heteroatoms. The fraction of sp³-hybridized carbons (Fsp3) is 0.909. The molecule has 1 heterocycles. The van der Waals surface area contributed by atoms with E-state index < -0.39 is 0 Å². The van der Waals surface area contributed by atoms with Crippen LogP contribution in [0.1, 0.15) is 27.7 Å². The largest absolute Gasteiger partial charge is 0.378 e. The molecule has 1 atom stereocenters. The molecule has 1 unspecified atom stereocenters. The van der Waals surface area contributed by atoms with Gasteiger partial charge < -0.3 is 4.74 Å². The van der Waals surface area contributed by atoms with Crippen molar-refractivity contribution in [2.45, 2.75) is 39.3 Å². The summed E-state index contributed by atoms with van der Waals surface area (Å²) in [7, 11) is 0. The maximum absolute atomic E-state index is 11.8. The Balaban J connectivity index is 2.88. The number of amides is 1. The van der Waals surface area contributed by atoms with Gasteiger partial charge >= 0.3 is 0 Å². The third-order valence-electron chi connectivity index (χ3n) is 3.09. The smallest absolute Gasteiger partial charge is 0.251 e. The van der Waals surface area contributed by atoms with E-state index in [2.05, 4.69) is 24.2 Å². The molecule has 1 rings (SSSR count). The highest BCUT2D eigenvalue weighted by atomic mass is 16.5. The van der Waals surface area contributed by atoms with Crippen LogP contribution in [0.4, 0.5) is 0 Å². The summed E-state index contributed by atoms with van der Waals surface area (Å²) in [6.45, 7) is 10.3. The monoisotopic (exact) mass is 229 g/mol. The lowest BCUT2D eigenvalue weighted by molar-refractivity contribution is -0.138. The molecule has 1 aliphatic heterocycles. The molecule has 0 bridgehead atoms. The van der Waals surface area contributed by atoms with Crippen molar-refractivity contribution in [2.24, 2.45) is 11.8 Å². The Morgan fingerprint density at radius 3 is 2.56 bits per heavy atom. The van der Waals surface area contributed by atoms with E-state index in [0.717, 1.165) is 6.54 Å². The van der Waals surface area contributed by atoms with E-state index in [9.17, 15) is 4.79 Å². The van der Waals surface area contributed by atoms with Crippen LogP contribution in [-0.2, 0) is 9.53 Å². The maximum Gasteiger partial charge on any atom is 0.251 e. The van der Waals surface area contributed by atoms with Gasteiger partial charge in [-0.15, -0.1) is 0 Å². The molecule has 1 saturated heterocycles. The molecule has 0 aromatic carbocycles. The van der Waals surface area contributed by atoms with E-state index in [4.69, 9.17) is 10.6 Å². The molecule has 1 fully saturated rings. The van der Waals surface area contributed by atoms with Gasteiger partial charge in [0, 0.05) is 12.1 Å². The number of carbonyl (C=O) groups is 1. The second-order valence-corrected chi connectivity index (χ2v) is 5.26. The van der Waals surface area contributed by atoms with Gasteiger partial charge in [-0.05, 0) is 19.8 Å². The first-order chi connectivity index (χ1) is 7.40. The molecule has 0 aromatic heterocycles. The molecule has 0 aliphatic carbocycles. The average molecular weight is 229 g/mol. The van der Waals surface area contributed by atoms with Crippen LogP contribution < -0.4 is 11.3 Å². The van der Waals surface area contributed by atoms with E-state index in [1.165, 1.54) is 0 Å². The molecule has 0 aromatic rings. The van der Waals surface area contributed by atoms with Crippen LogP contribution in [0.5, 0.6) is 0 Å². The fourth-order valence-corrected chi connectivity index (χ4v) is 2.28. The van der Waals surface area contributed by atoms with Crippen LogP contribution in [0.2, 0.25) is 0 Å². The molecular formula is C11H23N3O2. The molecule has 1 amide bonds. The lowest BCUT2D eigenvalue weighted by Crippen LogP contribution is -2.63. The normalized spacial score (nSPS) is 23.1. The summed E-state index contributed by atoms with van der Waals surface area (Å²) >= 11 is 0. The van der Waals surface area contributed by atoms with E-state index in [0.29, 0.717) is 13.2 Å². The number of hydrazine groups is 1. The lowest BCUT2D eigenvalue weighted by atomic mass is 9.93. The van der Waals surface area contributed by atoms with E-state index in [-0.39, 0.29) is 23.4 Å². The van der Waals surface area contributed by atoms with Crippen molar-refractivity contribution in [1.29, 1.82) is 0 Å². The average Bonchev–Trinajstić information content (AvgIpc) is 2.20. The van der Waals surface area contributed by atoms with Crippen LogP contribution in [0, 0.1) is 5.92 Å². The standard InChI is InChI=1S/C11H23N3O2/c1-8(2)9(10(15)13-12)14-5-6-16-7-11(14,3)4/h8-9H,5-7,12H2,1-4H3,(H,13,15). The molecule has 3 N–H and O–H groups in total. The number of nitrogens with one attached hydrogen (secondary N) is 1. The lowest BCUT2D eigenvalue weighted by Gasteiger charge is -2.47. The second-order valence-electron chi connectivity index (χ2n) is 5.26. The summed E-state index contributed by atoms with van der Waals surface area (Å²) in [4.78, 5) is 14.0. The zero-order valence-corrected chi connectivity index (χ0v) is 10.6. The van der Waals surface area contributed by atoms with E-state index in [1.807, 2.05) is 13.8 Å². The summed E-state index contributed by atoms with van der Waals surface area (Å²) in [5.74, 6) is 5.35. The SMILES string of the molecule is CC(C)C(C(=O)NN)N1CCOCC1(C)C. The first kappa shape index (κ1) is 13.4. The van der Waals surface area contributed by atoms with Crippen LogP contribution in [0.3, 0.4) is 0 Å². The molecule has 0 radical (unpaired) electrons. The molecule has 94 valence electrons. The third-order valence-corrected chi connectivity index (χ3v) is 3.09. The van der Waals surface area contributed by atoms with Crippen LogP contribution in [-0.4, -0.2) is 42.1 Å². The van der Waals surface area contributed by atoms with Gasteiger partial charge in [0.05, 0.1) is 19.3 Å². The number of morpholine rings is 1. The zero-order valence-electron chi connectivity index (χ0n) is 10.6. The van der Waals surface area contributed by atoms with Crippen molar-refractivity contribution in [3.8, 4) is 0 Å². The van der Waals surface area contributed by atoms with Gasteiger partial charge in [-0.25, -0.2) is 5.84 Å². The Bertz CT molecular complexity index is 254. The third kappa shape index (κ3) is 2.72. The van der Waals surface area contributed by atoms with Crippen LogP contribution in [0.15, 0.2) is 0 Å². The number of hydrogen-bond donors (Lipinski definition) is 2. The predicted molar refractivity (Wildman–Crippen MR) is 62.6 cm³/mol. The molecule has 5 nitrogen and oxygen atoms in total. The zero-order chi connectivity index (χ0) is 12.3. The topological polar surface area (TPSA) is 67.6 Å². The highest BCUT2D eigenvalue weighted by Crippen LogP contribution is 2.25. The first-order valence-electron chi connectivity index (χ1n) is 5.75. The minimum Gasteiger partial charge on any atom is -0.378 e. The highest BCUT2D eigenvalue weighted by molar-refractivity contribution is 5.81. The number of nitrogens with two attached hydrogens (primary N) is 1. The Morgan fingerprint density at radius 1 is 1.50 bits per heavy atom.